The van der Waals surface area contributed by atoms with E-state index in [1.165, 1.54) is 19.1 Å². The van der Waals surface area contributed by atoms with Crippen LogP contribution in [0.2, 0.25) is 5.02 Å². The van der Waals surface area contributed by atoms with Crippen molar-refractivity contribution < 1.29 is 19.1 Å². The molecule has 96 valence electrons. The summed E-state index contributed by atoms with van der Waals surface area (Å²) in [5, 5.41) is 2.18. The number of halogens is 1. The number of benzene rings is 1. The zero-order chi connectivity index (χ0) is 13.7. The second kappa shape index (κ2) is 6.02. The summed E-state index contributed by atoms with van der Waals surface area (Å²) in [5.41, 5.74) is 4.97. The predicted molar refractivity (Wildman–Crippen MR) is 64.1 cm³/mol. The highest BCUT2D eigenvalue weighted by Gasteiger charge is 2.19. The molecule has 0 saturated carbocycles. The Balaban J connectivity index is 2.65. The number of urea groups is 1. The van der Waals surface area contributed by atoms with Gasteiger partial charge in [0.05, 0.1) is 5.56 Å². The highest BCUT2D eigenvalue weighted by atomic mass is 35.5. The number of imide groups is 1. The minimum Gasteiger partial charge on any atom is -0.449 e. The van der Waals surface area contributed by atoms with Crippen molar-refractivity contribution in [2.45, 2.75) is 13.0 Å². The molecule has 0 aliphatic heterocycles. The molecule has 0 bridgehead atoms. The molecular formula is C11H11ClN2O4. The van der Waals surface area contributed by atoms with E-state index in [0.29, 0.717) is 5.02 Å². The molecule has 6 nitrogen and oxygen atoms in total. The monoisotopic (exact) mass is 270 g/mol. The molecule has 1 aromatic rings. The molecule has 18 heavy (non-hydrogen) atoms. The number of rotatable bonds is 3. The van der Waals surface area contributed by atoms with Crippen molar-refractivity contribution in [1.82, 2.24) is 5.32 Å². The van der Waals surface area contributed by atoms with Gasteiger partial charge in [0.1, 0.15) is 0 Å². The van der Waals surface area contributed by atoms with Crippen molar-refractivity contribution in [3.05, 3.63) is 34.9 Å². The highest BCUT2D eigenvalue weighted by molar-refractivity contribution is 6.30. The second-order valence-electron chi connectivity index (χ2n) is 3.41. The van der Waals surface area contributed by atoms with Gasteiger partial charge >= 0.3 is 12.0 Å². The molecule has 1 aromatic carbocycles. The van der Waals surface area contributed by atoms with Gasteiger partial charge in [-0.05, 0) is 25.1 Å². The number of nitrogens with one attached hydrogen (secondary N) is 1. The molecule has 0 fully saturated rings. The summed E-state index contributed by atoms with van der Waals surface area (Å²) in [6.45, 7) is 1.32. The van der Waals surface area contributed by atoms with Gasteiger partial charge in [0.2, 0.25) is 0 Å². The third-order valence-electron chi connectivity index (χ3n) is 1.96. The number of esters is 1. The first-order valence-electron chi connectivity index (χ1n) is 4.97. The largest absolute Gasteiger partial charge is 0.449 e. The maximum Gasteiger partial charge on any atom is 0.338 e. The predicted octanol–water partition coefficient (Wildman–Crippen LogP) is 1.08. The molecule has 0 spiro atoms. The molecule has 3 amide bonds. The van der Waals surface area contributed by atoms with E-state index in [-0.39, 0.29) is 5.56 Å². The van der Waals surface area contributed by atoms with E-state index in [9.17, 15) is 14.4 Å². The lowest BCUT2D eigenvalue weighted by Crippen LogP contribution is -2.42. The number of ether oxygens (including phenoxy) is 1. The van der Waals surface area contributed by atoms with Crippen LogP contribution in [0.4, 0.5) is 4.79 Å². The van der Waals surface area contributed by atoms with E-state index in [4.69, 9.17) is 22.1 Å². The zero-order valence-electron chi connectivity index (χ0n) is 9.48. The third kappa shape index (κ3) is 4.06. The molecule has 0 aliphatic carbocycles. The Hall–Kier alpha value is -2.08. The highest BCUT2D eigenvalue weighted by Crippen LogP contribution is 2.12. The summed E-state index contributed by atoms with van der Waals surface area (Å²) in [4.78, 5) is 33.3. The van der Waals surface area contributed by atoms with E-state index in [2.05, 4.69) is 0 Å². The normalized spacial score (nSPS) is 11.4. The van der Waals surface area contributed by atoms with Gasteiger partial charge in [-0.15, -0.1) is 0 Å². The van der Waals surface area contributed by atoms with Crippen molar-refractivity contribution >= 4 is 29.5 Å². The summed E-state index contributed by atoms with van der Waals surface area (Å²) < 4.78 is 4.84. The van der Waals surface area contributed by atoms with E-state index in [1.807, 2.05) is 5.32 Å². The minimum absolute atomic E-state index is 0.209. The third-order valence-corrected chi connectivity index (χ3v) is 2.19. The summed E-state index contributed by atoms with van der Waals surface area (Å²) in [5.74, 6) is -1.51. The summed E-state index contributed by atoms with van der Waals surface area (Å²) in [6, 6.07) is 5.06. The van der Waals surface area contributed by atoms with Crippen LogP contribution in [0, 0.1) is 0 Å². The van der Waals surface area contributed by atoms with Gasteiger partial charge in [-0.25, -0.2) is 9.59 Å². The molecular weight excluding hydrogens is 260 g/mol. The molecule has 0 unspecified atom stereocenters. The van der Waals surface area contributed by atoms with Crippen molar-refractivity contribution in [3.63, 3.8) is 0 Å². The standard InChI is InChI=1S/C11H11ClN2O4/c1-6(9(15)14-11(13)17)18-10(16)7-3-2-4-8(12)5-7/h2-6H,1H3,(H3,13,14,15,17)/t6-/m1/s1. The number of hydrogen-bond acceptors (Lipinski definition) is 4. The number of carbonyl (C=O) groups is 3. The fraction of sp³-hybridized carbons (Fsp3) is 0.182. The molecule has 1 atom stereocenters. The van der Waals surface area contributed by atoms with Gasteiger partial charge in [-0.3, -0.25) is 10.1 Å². The average Bonchev–Trinajstić information content (AvgIpc) is 2.27. The summed E-state index contributed by atoms with van der Waals surface area (Å²) in [6.07, 6.45) is -1.14. The van der Waals surface area contributed by atoms with E-state index < -0.39 is 24.0 Å². The average molecular weight is 271 g/mol. The minimum atomic E-state index is -1.14. The van der Waals surface area contributed by atoms with Crippen LogP contribution in [0.5, 0.6) is 0 Å². The number of primary amides is 1. The number of nitrogens with two attached hydrogens (primary N) is 1. The number of carbonyl (C=O) groups excluding carboxylic acids is 3. The Morgan fingerprint density at radius 1 is 1.39 bits per heavy atom. The topological polar surface area (TPSA) is 98.5 Å². The Morgan fingerprint density at radius 2 is 2.06 bits per heavy atom. The fourth-order valence-electron chi connectivity index (χ4n) is 1.12. The van der Waals surface area contributed by atoms with Gasteiger partial charge in [0.15, 0.2) is 6.10 Å². The van der Waals surface area contributed by atoms with Crippen LogP contribution in [-0.4, -0.2) is 24.0 Å². The van der Waals surface area contributed by atoms with Gasteiger partial charge in [-0.1, -0.05) is 17.7 Å². The first-order valence-corrected chi connectivity index (χ1v) is 5.35. The molecule has 1 rings (SSSR count). The van der Waals surface area contributed by atoms with Gasteiger partial charge in [-0.2, -0.15) is 0 Å². The van der Waals surface area contributed by atoms with Crippen molar-refractivity contribution in [2.75, 3.05) is 0 Å². The lowest BCUT2D eigenvalue weighted by Gasteiger charge is -2.11. The van der Waals surface area contributed by atoms with E-state index in [0.717, 1.165) is 0 Å². The van der Waals surface area contributed by atoms with Gasteiger partial charge < -0.3 is 10.5 Å². The van der Waals surface area contributed by atoms with Crippen LogP contribution in [0.15, 0.2) is 24.3 Å². The van der Waals surface area contributed by atoms with Gasteiger partial charge in [0, 0.05) is 5.02 Å². The zero-order valence-corrected chi connectivity index (χ0v) is 10.2. The Kier molecular flexibility index (Phi) is 4.67. The molecule has 0 aliphatic rings. The van der Waals surface area contributed by atoms with Crippen LogP contribution in [0.3, 0.4) is 0 Å². The second-order valence-corrected chi connectivity index (χ2v) is 3.85. The Morgan fingerprint density at radius 3 is 2.61 bits per heavy atom. The molecule has 0 heterocycles. The van der Waals surface area contributed by atoms with E-state index >= 15 is 0 Å². The molecule has 0 radical (unpaired) electrons. The molecule has 7 heteroatoms. The lowest BCUT2D eigenvalue weighted by molar-refractivity contribution is -0.127. The van der Waals surface area contributed by atoms with Crippen LogP contribution in [-0.2, 0) is 9.53 Å². The quantitative estimate of drug-likeness (QED) is 0.803. The molecule has 3 N–H and O–H groups in total. The fourth-order valence-corrected chi connectivity index (χ4v) is 1.31. The SMILES string of the molecule is C[C@@H](OC(=O)c1cccc(Cl)c1)C(=O)NC(N)=O. The van der Waals surface area contributed by atoms with Crippen LogP contribution < -0.4 is 11.1 Å². The maximum absolute atomic E-state index is 11.6. The Labute approximate surface area is 108 Å². The summed E-state index contributed by atoms with van der Waals surface area (Å²) >= 11 is 5.71. The first kappa shape index (κ1) is 14.0. The maximum atomic E-state index is 11.6. The molecule has 0 saturated heterocycles. The van der Waals surface area contributed by atoms with Crippen molar-refractivity contribution in [2.24, 2.45) is 5.73 Å². The van der Waals surface area contributed by atoms with Crippen molar-refractivity contribution in [3.8, 4) is 0 Å². The number of amides is 3. The van der Waals surface area contributed by atoms with Crippen LogP contribution in [0.25, 0.3) is 0 Å². The first-order chi connectivity index (χ1) is 8.40. The smallest absolute Gasteiger partial charge is 0.338 e. The van der Waals surface area contributed by atoms with Crippen LogP contribution in [0.1, 0.15) is 17.3 Å². The summed E-state index contributed by atoms with van der Waals surface area (Å²) in [7, 11) is 0. The Bertz CT molecular complexity index is 490. The lowest BCUT2D eigenvalue weighted by atomic mass is 10.2. The molecule has 0 aromatic heterocycles. The van der Waals surface area contributed by atoms with E-state index in [1.54, 1.807) is 12.1 Å². The van der Waals surface area contributed by atoms with Gasteiger partial charge in [0.25, 0.3) is 5.91 Å². The van der Waals surface area contributed by atoms with Crippen LogP contribution >= 0.6 is 11.6 Å². The van der Waals surface area contributed by atoms with Crippen molar-refractivity contribution in [1.29, 1.82) is 0 Å². The number of hydrogen-bond donors (Lipinski definition) is 2.